The summed E-state index contributed by atoms with van der Waals surface area (Å²) in [6.07, 6.45) is 4.55. The monoisotopic (exact) mass is 805 g/mol. The van der Waals surface area contributed by atoms with E-state index in [1.807, 2.05) is 0 Å². The van der Waals surface area contributed by atoms with E-state index in [0.29, 0.717) is 25.7 Å². The van der Waals surface area contributed by atoms with Crippen LogP contribution in [-0.4, -0.2) is 92.9 Å². The Morgan fingerprint density at radius 3 is 2.04 bits per heavy atom. The van der Waals surface area contributed by atoms with Crippen molar-refractivity contribution in [1.82, 2.24) is 10.6 Å². The highest BCUT2D eigenvalue weighted by Crippen LogP contribution is 2.89. The van der Waals surface area contributed by atoms with Crippen LogP contribution in [0.4, 0.5) is 9.59 Å². The van der Waals surface area contributed by atoms with Gasteiger partial charge >= 0.3 is 18.2 Å². The van der Waals surface area contributed by atoms with E-state index in [0.717, 1.165) is 38.5 Å². The molecule has 1 saturated heterocycles. The molecule has 6 fully saturated rings. The van der Waals surface area contributed by atoms with E-state index in [1.165, 1.54) is 0 Å². The Hall–Kier alpha value is -2.15. The Balaban J connectivity index is 1.29. The quantitative estimate of drug-likeness (QED) is 0.0913. The SMILES string of the molecule is CC(C)(C)OC(=O)NCCC[C@H](NC(=O)OC(C)(C)C)C(=O)O[C@H]1CC2[C@]3(CC[C@]4(C)[C@@H]([C@@]5(C)CC[C@@H](C(C)(C)O)O5)[C@@H](O)C[C@@]24C)C[C@@]32CC[C@H](O)C(C)(C)[C@H]12. The summed E-state index contributed by atoms with van der Waals surface area (Å²) in [6, 6.07) is -1.04. The summed E-state index contributed by atoms with van der Waals surface area (Å²) in [6.45, 7) is 25.6. The molecular weight excluding hydrogens is 728 g/mol. The predicted octanol–water partition coefficient (Wildman–Crippen LogP) is 7.19. The number of hydrogen-bond acceptors (Lipinski definition) is 10. The maximum atomic E-state index is 14.5. The van der Waals surface area contributed by atoms with Gasteiger partial charge in [-0.25, -0.2) is 14.4 Å². The van der Waals surface area contributed by atoms with E-state index in [9.17, 15) is 29.7 Å². The fourth-order valence-corrected chi connectivity index (χ4v) is 14.0. The van der Waals surface area contributed by atoms with Crippen LogP contribution in [-0.2, 0) is 23.7 Å². The Kier molecular flexibility index (Phi) is 11.1. The summed E-state index contributed by atoms with van der Waals surface area (Å²) >= 11 is 0. The van der Waals surface area contributed by atoms with E-state index in [2.05, 4.69) is 45.3 Å². The van der Waals surface area contributed by atoms with Crippen molar-refractivity contribution >= 4 is 18.2 Å². The lowest BCUT2D eigenvalue weighted by molar-refractivity contribution is -0.221. The number of carbonyl (C=O) groups is 3. The fraction of sp³-hybridized carbons (Fsp3) is 0.933. The van der Waals surface area contributed by atoms with Gasteiger partial charge in [-0.15, -0.1) is 0 Å². The third-order valence-corrected chi connectivity index (χ3v) is 16.3. The van der Waals surface area contributed by atoms with Crippen molar-refractivity contribution < 1.29 is 48.7 Å². The lowest BCUT2D eigenvalue weighted by Crippen LogP contribution is -2.63. The average Bonchev–Trinajstić information content (AvgIpc) is 3.40. The molecule has 0 bridgehead atoms. The molecule has 5 aliphatic carbocycles. The molecule has 326 valence electrons. The van der Waals surface area contributed by atoms with Crippen LogP contribution in [0.25, 0.3) is 0 Å². The fourth-order valence-electron chi connectivity index (χ4n) is 14.0. The summed E-state index contributed by atoms with van der Waals surface area (Å²) in [7, 11) is 0. The van der Waals surface area contributed by atoms with Crippen molar-refractivity contribution in [3.8, 4) is 0 Å². The smallest absolute Gasteiger partial charge is 0.408 e. The minimum Gasteiger partial charge on any atom is -0.460 e. The Labute approximate surface area is 341 Å². The second kappa shape index (κ2) is 14.2. The van der Waals surface area contributed by atoms with Crippen molar-refractivity contribution in [2.24, 2.45) is 44.8 Å². The molecule has 12 heteroatoms. The number of esters is 1. The third kappa shape index (κ3) is 7.62. The highest BCUT2D eigenvalue weighted by molar-refractivity contribution is 5.81. The summed E-state index contributed by atoms with van der Waals surface area (Å²) in [4.78, 5) is 40.0. The lowest BCUT2D eigenvalue weighted by atomic mass is 9.41. The lowest BCUT2D eigenvalue weighted by Gasteiger charge is -2.64. The van der Waals surface area contributed by atoms with Gasteiger partial charge in [0.25, 0.3) is 0 Å². The molecule has 5 saturated carbocycles. The number of carbonyl (C=O) groups excluding carboxylic acids is 3. The molecule has 1 heterocycles. The molecule has 1 aliphatic heterocycles. The Morgan fingerprint density at radius 1 is 0.807 bits per heavy atom. The van der Waals surface area contributed by atoms with E-state index in [4.69, 9.17) is 18.9 Å². The van der Waals surface area contributed by atoms with Crippen LogP contribution in [0.5, 0.6) is 0 Å². The first kappa shape index (κ1) is 44.4. The van der Waals surface area contributed by atoms with Crippen LogP contribution in [0.15, 0.2) is 0 Å². The Morgan fingerprint density at radius 2 is 1.44 bits per heavy atom. The molecule has 12 nitrogen and oxygen atoms in total. The number of rotatable bonds is 9. The highest BCUT2D eigenvalue weighted by Gasteiger charge is 2.85. The van der Waals surface area contributed by atoms with Crippen molar-refractivity contribution in [3.05, 3.63) is 0 Å². The number of fused-ring (bicyclic) bond motifs is 2. The van der Waals surface area contributed by atoms with Crippen LogP contribution in [0, 0.1) is 44.8 Å². The second-order valence-corrected chi connectivity index (χ2v) is 23.1. The van der Waals surface area contributed by atoms with E-state index in [1.54, 1.807) is 55.4 Å². The molecule has 2 amide bonds. The van der Waals surface area contributed by atoms with Gasteiger partial charge in [-0.05, 0) is 166 Å². The molecule has 0 aromatic carbocycles. The zero-order chi connectivity index (χ0) is 42.6. The van der Waals surface area contributed by atoms with Crippen LogP contribution in [0.2, 0.25) is 0 Å². The van der Waals surface area contributed by atoms with Gasteiger partial charge in [-0.1, -0.05) is 27.7 Å². The summed E-state index contributed by atoms with van der Waals surface area (Å²) in [5, 5.41) is 40.2. The first-order valence-corrected chi connectivity index (χ1v) is 21.9. The highest BCUT2D eigenvalue weighted by atomic mass is 16.6. The Bertz CT molecular complexity index is 1560. The first-order valence-electron chi connectivity index (χ1n) is 21.9. The van der Waals surface area contributed by atoms with Crippen LogP contribution in [0.1, 0.15) is 161 Å². The van der Waals surface area contributed by atoms with Gasteiger partial charge in [0.2, 0.25) is 0 Å². The van der Waals surface area contributed by atoms with Gasteiger partial charge in [-0.2, -0.15) is 0 Å². The minimum atomic E-state index is -1.04. The molecule has 13 atom stereocenters. The second-order valence-electron chi connectivity index (χ2n) is 23.1. The standard InChI is InChI=1S/C45H76N2O10/c1-37(2,3)56-35(51)46-22-14-15-26(47-36(52)57-38(4,5)6)34(50)54-28-23-29-42(12)24-27(48)32(43(13)18-17-31(55-43)40(9,10)53)41(42,11)20-21-44(29)25-45(44)19-16-30(49)39(7,8)33(28)45/h26-33,48-49,53H,14-25H2,1-13H3,(H,46,51)(H,47,52)/t26-,27-,28-,29?,30-,31-,32-,33-,41+,42-,43+,44-,45+/m0/s1. The number of amides is 2. The van der Waals surface area contributed by atoms with Gasteiger partial charge < -0.3 is 44.9 Å². The normalized spacial score (nSPS) is 42.7. The maximum absolute atomic E-state index is 14.5. The van der Waals surface area contributed by atoms with E-state index < -0.39 is 70.3 Å². The van der Waals surface area contributed by atoms with Crippen LogP contribution >= 0.6 is 0 Å². The number of alkyl carbamates (subject to hydrolysis) is 2. The molecule has 0 aromatic rings. The number of aliphatic hydroxyl groups is 3. The topological polar surface area (TPSA) is 173 Å². The van der Waals surface area contributed by atoms with Gasteiger partial charge in [0.1, 0.15) is 23.3 Å². The average molecular weight is 805 g/mol. The van der Waals surface area contributed by atoms with Crippen LogP contribution in [0.3, 0.4) is 0 Å². The van der Waals surface area contributed by atoms with Crippen molar-refractivity contribution in [1.29, 1.82) is 0 Å². The number of hydrogen-bond donors (Lipinski definition) is 5. The number of aliphatic hydroxyl groups excluding tert-OH is 2. The minimum absolute atomic E-state index is 0.00934. The van der Waals surface area contributed by atoms with Crippen molar-refractivity contribution in [2.75, 3.05) is 6.54 Å². The van der Waals surface area contributed by atoms with Gasteiger partial charge in [0.15, 0.2) is 0 Å². The van der Waals surface area contributed by atoms with Gasteiger partial charge in [0, 0.05) is 18.4 Å². The molecule has 5 N–H and O–H groups in total. The molecular formula is C45H76N2O10. The van der Waals surface area contributed by atoms with Crippen LogP contribution < -0.4 is 10.6 Å². The first-order chi connectivity index (χ1) is 25.9. The third-order valence-electron chi connectivity index (χ3n) is 16.3. The summed E-state index contributed by atoms with van der Waals surface area (Å²) in [5.74, 6) is -0.633. The number of nitrogens with one attached hydrogen (secondary N) is 2. The zero-order valence-corrected chi connectivity index (χ0v) is 37.3. The van der Waals surface area contributed by atoms with Gasteiger partial charge in [-0.3, -0.25) is 0 Å². The molecule has 1 unspecified atom stereocenters. The van der Waals surface area contributed by atoms with Crippen molar-refractivity contribution in [2.45, 2.75) is 213 Å². The summed E-state index contributed by atoms with van der Waals surface area (Å²) < 4.78 is 24.4. The largest absolute Gasteiger partial charge is 0.460 e. The molecule has 6 aliphatic rings. The predicted molar refractivity (Wildman–Crippen MR) is 215 cm³/mol. The van der Waals surface area contributed by atoms with E-state index in [-0.39, 0.29) is 58.5 Å². The zero-order valence-electron chi connectivity index (χ0n) is 37.3. The molecule has 0 aromatic heterocycles. The molecule has 2 spiro atoms. The molecule has 6 rings (SSSR count). The molecule has 0 radical (unpaired) electrons. The van der Waals surface area contributed by atoms with Gasteiger partial charge in [0.05, 0.1) is 29.5 Å². The van der Waals surface area contributed by atoms with Crippen molar-refractivity contribution in [3.63, 3.8) is 0 Å². The molecule has 57 heavy (non-hydrogen) atoms. The maximum Gasteiger partial charge on any atom is 0.408 e. The van der Waals surface area contributed by atoms with E-state index >= 15 is 0 Å². The summed E-state index contributed by atoms with van der Waals surface area (Å²) in [5.41, 5.74) is -4.23. The number of ether oxygens (including phenoxy) is 4.